The highest BCUT2D eigenvalue weighted by atomic mass is 79.9. The van der Waals surface area contributed by atoms with E-state index in [2.05, 4.69) is 21.2 Å². The lowest BCUT2D eigenvalue weighted by Crippen LogP contribution is -2.32. The van der Waals surface area contributed by atoms with Crippen molar-refractivity contribution in [1.82, 2.24) is 5.32 Å². The topological polar surface area (TPSA) is 29.1 Å². The molecule has 2 aliphatic rings. The highest BCUT2D eigenvalue weighted by Gasteiger charge is 2.20. The molecule has 110 valence electrons. The van der Waals surface area contributed by atoms with Crippen molar-refractivity contribution in [3.05, 3.63) is 0 Å². The summed E-state index contributed by atoms with van der Waals surface area (Å²) in [4.78, 5) is 12.7. The first-order valence-electron chi connectivity index (χ1n) is 8.15. The van der Waals surface area contributed by atoms with Crippen LogP contribution in [0.3, 0.4) is 0 Å². The Morgan fingerprint density at radius 2 is 1.53 bits per heavy atom. The smallest absolute Gasteiger partial charge is 0.220 e. The molecule has 0 aromatic carbocycles. The van der Waals surface area contributed by atoms with Gasteiger partial charge in [0.15, 0.2) is 0 Å². The van der Waals surface area contributed by atoms with E-state index < -0.39 is 0 Å². The van der Waals surface area contributed by atoms with E-state index in [1.165, 1.54) is 64.2 Å². The number of halogens is 1. The highest BCUT2D eigenvalue weighted by molar-refractivity contribution is 9.09. The number of carbonyl (C=O) groups is 1. The van der Waals surface area contributed by atoms with Crippen molar-refractivity contribution < 1.29 is 4.79 Å². The van der Waals surface area contributed by atoms with Crippen molar-refractivity contribution in [2.75, 3.05) is 6.54 Å². The zero-order valence-corrected chi connectivity index (χ0v) is 13.6. The lowest BCUT2D eigenvalue weighted by molar-refractivity contribution is -0.122. The van der Waals surface area contributed by atoms with Crippen molar-refractivity contribution in [2.24, 2.45) is 11.8 Å². The lowest BCUT2D eigenvalue weighted by atomic mass is 9.89. The number of carbonyl (C=O) groups excluding carboxylic acids is 1. The van der Waals surface area contributed by atoms with Crippen LogP contribution in [-0.2, 0) is 4.79 Å². The Balaban J connectivity index is 1.61. The summed E-state index contributed by atoms with van der Waals surface area (Å²) in [7, 11) is 0. The summed E-state index contributed by atoms with van der Waals surface area (Å²) in [5.74, 6) is 1.67. The minimum Gasteiger partial charge on any atom is -0.356 e. The van der Waals surface area contributed by atoms with Gasteiger partial charge in [0.1, 0.15) is 0 Å². The zero-order valence-electron chi connectivity index (χ0n) is 12.0. The molecule has 0 bridgehead atoms. The van der Waals surface area contributed by atoms with Crippen molar-refractivity contribution in [3.63, 3.8) is 0 Å². The summed E-state index contributed by atoms with van der Waals surface area (Å²) in [5.41, 5.74) is 0. The normalized spacial score (nSPS) is 29.7. The van der Waals surface area contributed by atoms with Crippen LogP contribution in [0.5, 0.6) is 0 Å². The molecule has 0 spiro atoms. The SMILES string of the molecule is O=C(CC1CCCCCC1)NCC1CCC(Br)CC1. The maximum Gasteiger partial charge on any atom is 0.220 e. The summed E-state index contributed by atoms with van der Waals surface area (Å²) in [5, 5.41) is 3.18. The van der Waals surface area contributed by atoms with Crippen molar-refractivity contribution >= 4 is 21.8 Å². The van der Waals surface area contributed by atoms with Gasteiger partial charge in [-0.15, -0.1) is 0 Å². The molecule has 3 heteroatoms. The lowest BCUT2D eigenvalue weighted by Gasteiger charge is -2.25. The Morgan fingerprint density at radius 1 is 0.895 bits per heavy atom. The van der Waals surface area contributed by atoms with Crippen molar-refractivity contribution in [1.29, 1.82) is 0 Å². The van der Waals surface area contributed by atoms with Crippen LogP contribution in [-0.4, -0.2) is 17.3 Å². The molecule has 0 atom stereocenters. The third-order valence-corrected chi connectivity index (χ3v) is 5.73. The van der Waals surface area contributed by atoms with Crippen LogP contribution in [0.1, 0.15) is 70.6 Å². The predicted molar refractivity (Wildman–Crippen MR) is 83.5 cm³/mol. The van der Waals surface area contributed by atoms with Gasteiger partial charge >= 0.3 is 0 Å². The average Bonchev–Trinajstić information content (AvgIpc) is 2.67. The molecule has 2 aliphatic carbocycles. The molecule has 0 heterocycles. The van der Waals surface area contributed by atoms with E-state index in [9.17, 15) is 4.79 Å². The summed E-state index contributed by atoms with van der Waals surface area (Å²) in [6, 6.07) is 0. The Hall–Kier alpha value is -0.0500. The van der Waals surface area contributed by atoms with Crippen LogP contribution in [0.25, 0.3) is 0 Å². The minimum atomic E-state index is 0.299. The van der Waals surface area contributed by atoms with E-state index in [1.807, 2.05) is 0 Å². The molecule has 0 aromatic rings. The molecule has 2 saturated carbocycles. The summed E-state index contributed by atoms with van der Waals surface area (Å²) in [6.07, 6.45) is 13.8. The fraction of sp³-hybridized carbons (Fsp3) is 0.938. The van der Waals surface area contributed by atoms with Gasteiger partial charge in [-0.3, -0.25) is 4.79 Å². The molecule has 1 N–H and O–H groups in total. The molecular formula is C16H28BrNO. The van der Waals surface area contributed by atoms with E-state index in [0.29, 0.717) is 22.6 Å². The van der Waals surface area contributed by atoms with Crippen molar-refractivity contribution in [3.8, 4) is 0 Å². The Labute approximate surface area is 126 Å². The highest BCUT2D eigenvalue weighted by Crippen LogP contribution is 2.28. The maximum atomic E-state index is 12.0. The molecular weight excluding hydrogens is 302 g/mol. The van der Waals surface area contributed by atoms with Gasteiger partial charge in [-0.2, -0.15) is 0 Å². The molecule has 0 saturated heterocycles. The third kappa shape index (κ3) is 5.85. The maximum absolute atomic E-state index is 12.0. The first kappa shape index (κ1) is 15.3. The predicted octanol–water partition coefficient (Wildman–Crippen LogP) is 4.42. The molecule has 0 aliphatic heterocycles. The van der Waals surface area contributed by atoms with E-state index in [1.54, 1.807) is 0 Å². The first-order valence-corrected chi connectivity index (χ1v) is 9.06. The summed E-state index contributed by atoms with van der Waals surface area (Å²) < 4.78 is 0. The van der Waals surface area contributed by atoms with Crippen LogP contribution in [0.15, 0.2) is 0 Å². The van der Waals surface area contributed by atoms with Crippen LogP contribution in [0.2, 0.25) is 0 Å². The molecule has 2 rings (SSSR count). The van der Waals surface area contributed by atoms with Gasteiger partial charge in [-0.05, 0) is 50.4 Å². The fourth-order valence-electron chi connectivity index (χ4n) is 3.49. The van der Waals surface area contributed by atoms with Gasteiger partial charge in [0.05, 0.1) is 0 Å². The first-order chi connectivity index (χ1) is 9.24. The number of rotatable bonds is 4. The fourth-order valence-corrected chi connectivity index (χ4v) is 4.02. The quantitative estimate of drug-likeness (QED) is 0.600. The largest absolute Gasteiger partial charge is 0.356 e. The van der Waals surface area contributed by atoms with Gasteiger partial charge in [-0.25, -0.2) is 0 Å². The second-order valence-corrected chi connectivity index (χ2v) is 7.78. The standard InChI is InChI=1S/C16H28BrNO/c17-15-9-7-14(8-10-15)12-18-16(19)11-13-5-3-1-2-4-6-13/h13-15H,1-12H2,(H,18,19). The van der Waals surface area contributed by atoms with Gasteiger partial charge in [0, 0.05) is 17.8 Å². The monoisotopic (exact) mass is 329 g/mol. The molecule has 1 amide bonds. The van der Waals surface area contributed by atoms with Gasteiger partial charge in [-0.1, -0.05) is 41.6 Å². The summed E-state index contributed by atoms with van der Waals surface area (Å²) >= 11 is 3.68. The Kier molecular flexibility index (Phi) is 6.69. The molecule has 2 fully saturated rings. The third-order valence-electron chi connectivity index (χ3n) is 4.81. The molecule has 19 heavy (non-hydrogen) atoms. The van der Waals surface area contributed by atoms with E-state index in [0.717, 1.165) is 13.0 Å². The number of nitrogens with one attached hydrogen (secondary N) is 1. The number of hydrogen-bond acceptors (Lipinski definition) is 1. The summed E-state index contributed by atoms with van der Waals surface area (Å²) in [6.45, 7) is 0.908. The Morgan fingerprint density at radius 3 is 2.16 bits per heavy atom. The van der Waals surface area contributed by atoms with E-state index in [-0.39, 0.29) is 0 Å². The minimum absolute atomic E-state index is 0.299. The van der Waals surface area contributed by atoms with Crippen LogP contribution >= 0.6 is 15.9 Å². The van der Waals surface area contributed by atoms with E-state index in [4.69, 9.17) is 0 Å². The van der Waals surface area contributed by atoms with Crippen molar-refractivity contribution in [2.45, 2.75) is 75.5 Å². The van der Waals surface area contributed by atoms with Crippen LogP contribution in [0, 0.1) is 11.8 Å². The average molecular weight is 330 g/mol. The number of amides is 1. The Bertz CT molecular complexity index is 266. The van der Waals surface area contributed by atoms with Crippen LogP contribution < -0.4 is 5.32 Å². The molecule has 0 radical (unpaired) electrons. The molecule has 0 unspecified atom stereocenters. The van der Waals surface area contributed by atoms with Gasteiger partial charge in [0.2, 0.25) is 5.91 Å². The number of alkyl halides is 1. The zero-order chi connectivity index (χ0) is 13.5. The molecule has 2 nitrogen and oxygen atoms in total. The second-order valence-electron chi connectivity index (χ2n) is 6.48. The van der Waals surface area contributed by atoms with E-state index >= 15 is 0 Å². The molecule has 0 aromatic heterocycles. The van der Waals surface area contributed by atoms with Gasteiger partial charge in [0.25, 0.3) is 0 Å². The van der Waals surface area contributed by atoms with Crippen LogP contribution in [0.4, 0.5) is 0 Å². The second kappa shape index (κ2) is 8.28. The number of hydrogen-bond donors (Lipinski definition) is 1. The van der Waals surface area contributed by atoms with Gasteiger partial charge < -0.3 is 5.32 Å².